The molecule has 1 aliphatic heterocycles. The Morgan fingerprint density at radius 2 is 2.10 bits per heavy atom. The van der Waals surface area contributed by atoms with Crippen LogP contribution >= 0.6 is 11.6 Å². The van der Waals surface area contributed by atoms with Crippen molar-refractivity contribution in [1.29, 1.82) is 0 Å². The molecule has 3 heterocycles. The standard InChI is InChI=1S/C15H14ClN3O2/c16-9-3-4-10-11(7-9)14(20)17-15-13(10)12(18-21-15)8-19-5-1-2-6-19/h3-4,7H,1-2,5-6,8H2,(H,17,20). The number of rotatable bonds is 2. The van der Waals surface area contributed by atoms with Gasteiger partial charge in [0, 0.05) is 22.3 Å². The number of aromatic amines is 1. The number of aromatic nitrogens is 2. The second-order valence-corrected chi connectivity index (χ2v) is 5.90. The third-order valence-electron chi connectivity index (χ3n) is 4.06. The Morgan fingerprint density at radius 1 is 1.29 bits per heavy atom. The molecule has 6 heteroatoms. The molecule has 2 aromatic heterocycles. The molecule has 0 amide bonds. The van der Waals surface area contributed by atoms with Crippen molar-refractivity contribution in [2.75, 3.05) is 13.1 Å². The molecule has 21 heavy (non-hydrogen) atoms. The molecule has 1 N–H and O–H groups in total. The topological polar surface area (TPSA) is 62.1 Å². The van der Waals surface area contributed by atoms with Crippen LogP contribution in [0.4, 0.5) is 0 Å². The maximum absolute atomic E-state index is 12.1. The number of benzene rings is 1. The fraction of sp³-hybridized carbons (Fsp3) is 0.333. The highest BCUT2D eigenvalue weighted by molar-refractivity contribution is 6.31. The minimum absolute atomic E-state index is 0.205. The van der Waals surface area contributed by atoms with E-state index in [1.165, 1.54) is 12.8 Å². The van der Waals surface area contributed by atoms with Gasteiger partial charge in [-0.25, -0.2) is 0 Å². The van der Waals surface area contributed by atoms with Gasteiger partial charge < -0.3 is 4.52 Å². The van der Waals surface area contributed by atoms with Gasteiger partial charge in [0.05, 0.1) is 5.39 Å². The molecule has 1 saturated heterocycles. The van der Waals surface area contributed by atoms with Crippen LogP contribution in [0.25, 0.3) is 21.9 Å². The van der Waals surface area contributed by atoms with E-state index in [9.17, 15) is 4.79 Å². The summed E-state index contributed by atoms with van der Waals surface area (Å²) in [6.45, 7) is 2.92. The Hall–Kier alpha value is -1.85. The maximum Gasteiger partial charge on any atom is 0.258 e. The zero-order valence-electron chi connectivity index (χ0n) is 11.4. The highest BCUT2D eigenvalue weighted by Gasteiger charge is 2.19. The molecule has 0 unspecified atom stereocenters. The molecule has 1 aromatic carbocycles. The number of nitrogens with zero attached hydrogens (tertiary/aromatic N) is 2. The number of halogens is 1. The second-order valence-electron chi connectivity index (χ2n) is 5.46. The molecule has 0 atom stereocenters. The largest absolute Gasteiger partial charge is 0.337 e. The summed E-state index contributed by atoms with van der Waals surface area (Å²) < 4.78 is 5.31. The lowest BCUT2D eigenvalue weighted by atomic mass is 10.1. The van der Waals surface area contributed by atoms with Crippen molar-refractivity contribution in [3.8, 4) is 0 Å². The van der Waals surface area contributed by atoms with E-state index in [0.717, 1.165) is 36.1 Å². The molecule has 4 rings (SSSR count). The van der Waals surface area contributed by atoms with Gasteiger partial charge in [-0.3, -0.25) is 14.7 Å². The van der Waals surface area contributed by atoms with Gasteiger partial charge in [-0.1, -0.05) is 22.8 Å². The molecule has 0 spiro atoms. The number of hydrogen-bond donors (Lipinski definition) is 1. The number of H-pyrrole nitrogens is 1. The quantitative estimate of drug-likeness (QED) is 0.790. The van der Waals surface area contributed by atoms with E-state index < -0.39 is 0 Å². The summed E-state index contributed by atoms with van der Waals surface area (Å²) in [5.41, 5.74) is 1.10. The molecule has 108 valence electrons. The zero-order valence-corrected chi connectivity index (χ0v) is 12.1. The van der Waals surface area contributed by atoms with E-state index >= 15 is 0 Å². The monoisotopic (exact) mass is 303 g/mol. The smallest absolute Gasteiger partial charge is 0.258 e. The number of likely N-dealkylation sites (tertiary alicyclic amines) is 1. The van der Waals surface area contributed by atoms with Crippen molar-refractivity contribution >= 4 is 33.5 Å². The summed E-state index contributed by atoms with van der Waals surface area (Å²) in [5, 5.41) is 6.99. The van der Waals surface area contributed by atoms with Gasteiger partial charge in [0.15, 0.2) is 0 Å². The third kappa shape index (κ3) is 2.13. The highest BCUT2D eigenvalue weighted by atomic mass is 35.5. The SMILES string of the molecule is O=c1[nH]c2onc(CN3CCCC3)c2c2ccc(Cl)cc12. The fourth-order valence-corrected chi connectivity index (χ4v) is 3.21. The first kappa shape index (κ1) is 12.9. The minimum atomic E-state index is -0.205. The predicted molar refractivity (Wildman–Crippen MR) is 81.7 cm³/mol. The van der Waals surface area contributed by atoms with E-state index in [0.29, 0.717) is 16.1 Å². The van der Waals surface area contributed by atoms with Crippen molar-refractivity contribution in [2.24, 2.45) is 0 Å². The lowest BCUT2D eigenvalue weighted by Gasteiger charge is -2.12. The Balaban J connectivity index is 1.94. The molecule has 5 nitrogen and oxygen atoms in total. The Bertz CT molecular complexity index is 878. The second kappa shape index (κ2) is 4.86. The van der Waals surface area contributed by atoms with Crippen LogP contribution in [0.2, 0.25) is 5.02 Å². The molecule has 0 bridgehead atoms. The van der Waals surface area contributed by atoms with Crippen LogP contribution in [0.5, 0.6) is 0 Å². The summed E-state index contributed by atoms with van der Waals surface area (Å²) in [6, 6.07) is 5.33. The maximum atomic E-state index is 12.1. The van der Waals surface area contributed by atoms with Crippen LogP contribution in [0.3, 0.4) is 0 Å². The number of pyridine rings is 1. The van der Waals surface area contributed by atoms with Crippen molar-refractivity contribution in [3.63, 3.8) is 0 Å². The van der Waals surface area contributed by atoms with Crippen molar-refractivity contribution in [2.45, 2.75) is 19.4 Å². The lowest BCUT2D eigenvalue weighted by Crippen LogP contribution is -2.18. The number of hydrogen-bond acceptors (Lipinski definition) is 4. The van der Waals surface area contributed by atoms with Crippen molar-refractivity contribution in [1.82, 2.24) is 15.0 Å². The van der Waals surface area contributed by atoms with Crippen LogP contribution in [0.1, 0.15) is 18.5 Å². The molecule has 0 radical (unpaired) electrons. The van der Waals surface area contributed by atoms with Gasteiger partial charge in [-0.15, -0.1) is 0 Å². The summed E-state index contributed by atoms with van der Waals surface area (Å²) in [6.07, 6.45) is 2.45. The molecule has 1 fully saturated rings. The van der Waals surface area contributed by atoms with E-state index in [4.69, 9.17) is 16.1 Å². The first-order valence-corrected chi connectivity index (χ1v) is 7.42. The molecule has 0 saturated carbocycles. The normalized spacial score (nSPS) is 16.2. The highest BCUT2D eigenvalue weighted by Crippen LogP contribution is 2.27. The Labute approximate surface area is 125 Å². The van der Waals surface area contributed by atoms with E-state index in [-0.39, 0.29) is 5.56 Å². The molecular formula is C15H14ClN3O2. The summed E-state index contributed by atoms with van der Waals surface area (Å²) in [7, 11) is 0. The van der Waals surface area contributed by atoms with Crippen LogP contribution < -0.4 is 5.56 Å². The zero-order chi connectivity index (χ0) is 14.4. The van der Waals surface area contributed by atoms with Gasteiger partial charge in [-0.2, -0.15) is 0 Å². The number of fused-ring (bicyclic) bond motifs is 3. The lowest BCUT2D eigenvalue weighted by molar-refractivity contribution is 0.317. The molecule has 0 aliphatic carbocycles. The first-order chi connectivity index (χ1) is 10.2. The predicted octanol–water partition coefficient (Wildman–Crippen LogP) is 2.92. The van der Waals surface area contributed by atoms with Crippen LogP contribution in [-0.4, -0.2) is 28.1 Å². The average molecular weight is 304 g/mol. The average Bonchev–Trinajstić information content (AvgIpc) is 3.10. The third-order valence-corrected chi connectivity index (χ3v) is 4.29. The van der Waals surface area contributed by atoms with E-state index in [2.05, 4.69) is 15.0 Å². The summed E-state index contributed by atoms with van der Waals surface area (Å²) in [4.78, 5) is 17.2. The molecule has 1 aliphatic rings. The van der Waals surface area contributed by atoms with Gasteiger partial charge in [-0.05, 0) is 38.1 Å². The summed E-state index contributed by atoms with van der Waals surface area (Å²) in [5.74, 6) is 0. The van der Waals surface area contributed by atoms with Gasteiger partial charge in [0.2, 0.25) is 5.71 Å². The van der Waals surface area contributed by atoms with Gasteiger partial charge in [0.25, 0.3) is 5.56 Å². The van der Waals surface area contributed by atoms with Gasteiger partial charge >= 0.3 is 0 Å². The van der Waals surface area contributed by atoms with E-state index in [1.807, 2.05) is 6.07 Å². The van der Waals surface area contributed by atoms with Crippen LogP contribution in [-0.2, 0) is 6.54 Å². The molecule has 3 aromatic rings. The van der Waals surface area contributed by atoms with Crippen molar-refractivity contribution < 1.29 is 4.52 Å². The number of nitrogens with one attached hydrogen (secondary N) is 1. The van der Waals surface area contributed by atoms with Gasteiger partial charge in [0.1, 0.15) is 5.69 Å². The summed E-state index contributed by atoms with van der Waals surface area (Å²) >= 11 is 5.99. The minimum Gasteiger partial charge on any atom is -0.337 e. The van der Waals surface area contributed by atoms with Crippen LogP contribution in [0, 0.1) is 0 Å². The Morgan fingerprint density at radius 3 is 2.90 bits per heavy atom. The molecular weight excluding hydrogens is 290 g/mol. The van der Waals surface area contributed by atoms with Crippen LogP contribution in [0.15, 0.2) is 27.5 Å². The first-order valence-electron chi connectivity index (χ1n) is 7.04. The van der Waals surface area contributed by atoms with E-state index in [1.54, 1.807) is 12.1 Å². The fourth-order valence-electron chi connectivity index (χ4n) is 3.04. The van der Waals surface area contributed by atoms with Crippen molar-refractivity contribution in [3.05, 3.63) is 39.3 Å². The Kier molecular flexibility index (Phi) is 2.97.